The minimum absolute atomic E-state index is 0. The fraction of sp³-hybridized carbons (Fsp3) is 1.00. The molecule has 0 bridgehead atoms. The van der Waals surface area contributed by atoms with Crippen LogP contribution in [0.4, 0.5) is 0 Å². The van der Waals surface area contributed by atoms with Crippen LogP contribution < -0.4 is 12.4 Å². The monoisotopic (exact) mass is 289 g/mol. The van der Waals surface area contributed by atoms with Crippen LogP contribution in [-0.4, -0.2) is 30.7 Å². The summed E-state index contributed by atoms with van der Waals surface area (Å²) in [4.78, 5) is 0. The molecule has 1 nitrogen and oxygen atoms in total. The van der Waals surface area contributed by atoms with Crippen LogP contribution in [0.2, 0.25) is 0 Å². The lowest BCUT2D eigenvalue weighted by molar-refractivity contribution is -0.915. The smallest absolute Gasteiger partial charge is 0.0788 e. The summed E-state index contributed by atoms with van der Waals surface area (Å²) in [5.41, 5.74) is 0. The molecule has 0 unspecified atom stereocenters. The molecule has 0 atom stereocenters. The summed E-state index contributed by atoms with van der Waals surface area (Å²) in [5.74, 6) is 0. The Hall–Kier alpha value is 0.250. The first kappa shape index (κ1) is 19.2. The van der Waals surface area contributed by atoms with E-state index in [1.165, 1.54) is 101 Å². The van der Waals surface area contributed by atoms with Gasteiger partial charge in [-0.2, -0.15) is 0 Å². The second-order valence-corrected chi connectivity index (χ2v) is 6.36. The number of halogens is 1. The van der Waals surface area contributed by atoms with Crippen LogP contribution in [0.5, 0.6) is 0 Å². The van der Waals surface area contributed by atoms with Crippen LogP contribution in [-0.2, 0) is 0 Å². The van der Waals surface area contributed by atoms with Crippen molar-refractivity contribution in [2.75, 3.05) is 26.2 Å². The molecule has 0 radical (unpaired) electrons. The molecule has 1 fully saturated rings. The highest BCUT2D eigenvalue weighted by Gasteiger charge is 2.28. The Morgan fingerprint density at radius 1 is 0.684 bits per heavy atom. The summed E-state index contributed by atoms with van der Waals surface area (Å²) >= 11 is 0. The third-order valence-electron chi connectivity index (χ3n) is 4.92. The molecule has 0 amide bonds. The lowest BCUT2D eigenvalue weighted by Gasteiger charge is -2.33. The Morgan fingerprint density at radius 3 is 1.63 bits per heavy atom. The summed E-state index contributed by atoms with van der Waals surface area (Å²) in [6, 6.07) is 0. The van der Waals surface area contributed by atoms with Gasteiger partial charge >= 0.3 is 0 Å². The molecule has 1 aliphatic rings. The van der Waals surface area contributed by atoms with Gasteiger partial charge in [-0.05, 0) is 19.8 Å². The Kier molecular flexibility index (Phi) is 12.2. The summed E-state index contributed by atoms with van der Waals surface area (Å²) in [7, 11) is 0. The molecule has 1 heterocycles. The van der Waals surface area contributed by atoms with Gasteiger partial charge in [-0.25, -0.2) is 0 Å². The first-order valence-corrected chi connectivity index (χ1v) is 8.68. The Bertz CT molecular complexity index is 188. The van der Waals surface area contributed by atoms with Crippen LogP contribution in [0, 0.1) is 0 Å². The normalized spacial score (nSPS) is 17.4. The number of hydrogen-bond acceptors (Lipinski definition) is 0. The molecule has 0 aromatic carbocycles. The number of nitrogens with zero attached hydrogens (tertiary/aromatic N) is 1. The van der Waals surface area contributed by atoms with E-state index in [1.807, 2.05) is 0 Å². The maximum atomic E-state index is 2.39. The molecule has 0 aromatic rings. The molecule has 0 aromatic heterocycles. The number of hydrogen-bond donors (Lipinski definition) is 0. The zero-order chi connectivity index (χ0) is 13.1. The standard InChI is InChI=1S/C17H36N.ClH/c1-3-5-6-7-8-9-10-11-12-15-18(4-2)16-13-14-17-18;/h3-17H2,1-2H3;1H/q+1;/p-1. The van der Waals surface area contributed by atoms with E-state index in [0.717, 1.165) is 0 Å². The van der Waals surface area contributed by atoms with Gasteiger partial charge in [0.05, 0.1) is 26.2 Å². The van der Waals surface area contributed by atoms with Gasteiger partial charge in [-0.1, -0.05) is 51.9 Å². The van der Waals surface area contributed by atoms with E-state index >= 15 is 0 Å². The van der Waals surface area contributed by atoms with E-state index in [9.17, 15) is 0 Å². The van der Waals surface area contributed by atoms with E-state index < -0.39 is 0 Å². The lowest BCUT2D eigenvalue weighted by Crippen LogP contribution is -3.00. The van der Waals surface area contributed by atoms with Gasteiger partial charge in [-0.3, -0.25) is 0 Å². The van der Waals surface area contributed by atoms with Crippen LogP contribution in [0.1, 0.15) is 84.5 Å². The van der Waals surface area contributed by atoms with Crippen molar-refractivity contribution in [3.8, 4) is 0 Å². The number of likely N-dealkylation sites (tertiary alicyclic amines) is 1. The highest BCUT2D eigenvalue weighted by Crippen LogP contribution is 2.20. The van der Waals surface area contributed by atoms with E-state index in [0.29, 0.717) is 0 Å². The van der Waals surface area contributed by atoms with Crippen molar-refractivity contribution >= 4 is 0 Å². The zero-order valence-electron chi connectivity index (χ0n) is 13.4. The fourth-order valence-electron chi connectivity index (χ4n) is 3.46. The Labute approximate surface area is 128 Å². The molecule has 0 spiro atoms. The molecule has 1 rings (SSSR count). The Morgan fingerprint density at radius 2 is 1.16 bits per heavy atom. The highest BCUT2D eigenvalue weighted by molar-refractivity contribution is 4.55. The number of rotatable bonds is 11. The largest absolute Gasteiger partial charge is 1.00 e. The van der Waals surface area contributed by atoms with Crippen LogP contribution >= 0.6 is 0 Å². The van der Waals surface area contributed by atoms with E-state index in [1.54, 1.807) is 0 Å². The first-order valence-electron chi connectivity index (χ1n) is 8.68. The molecule has 0 N–H and O–H groups in total. The average molecular weight is 290 g/mol. The molecule has 1 saturated heterocycles. The van der Waals surface area contributed by atoms with Crippen molar-refractivity contribution in [2.24, 2.45) is 0 Å². The van der Waals surface area contributed by atoms with E-state index in [2.05, 4.69) is 13.8 Å². The number of unbranched alkanes of at least 4 members (excludes halogenated alkanes) is 8. The average Bonchev–Trinajstić information content (AvgIpc) is 2.86. The van der Waals surface area contributed by atoms with Crippen LogP contribution in [0.3, 0.4) is 0 Å². The van der Waals surface area contributed by atoms with Gasteiger partial charge in [0.25, 0.3) is 0 Å². The minimum atomic E-state index is 0. The van der Waals surface area contributed by atoms with Crippen LogP contribution in [0.25, 0.3) is 0 Å². The van der Waals surface area contributed by atoms with Crippen molar-refractivity contribution in [1.29, 1.82) is 0 Å². The van der Waals surface area contributed by atoms with Crippen LogP contribution in [0.15, 0.2) is 0 Å². The van der Waals surface area contributed by atoms with Gasteiger partial charge in [0.2, 0.25) is 0 Å². The second kappa shape index (κ2) is 12.0. The molecular formula is C17H36ClN. The van der Waals surface area contributed by atoms with Gasteiger partial charge in [0.1, 0.15) is 0 Å². The Balaban J connectivity index is 0.00000324. The second-order valence-electron chi connectivity index (χ2n) is 6.36. The summed E-state index contributed by atoms with van der Waals surface area (Å²) in [5, 5.41) is 0. The maximum absolute atomic E-state index is 2.39. The first-order chi connectivity index (χ1) is 8.83. The van der Waals surface area contributed by atoms with Gasteiger partial charge in [0, 0.05) is 12.8 Å². The molecular weight excluding hydrogens is 254 g/mol. The summed E-state index contributed by atoms with van der Waals surface area (Å²) < 4.78 is 1.44. The van der Waals surface area contributed by atoms with Crippen molar-refractivity contribution in [3.63, 3.8) is 0 Å². The molecule has 0 saturated carbocycles. The molecule has 19 heavy (non-hydrogen) atoms. The van der Waals surface area contributed by atoms with Crippen molar-refractivity contribution < 1.29 is 16.9 Å². The van der Waals surface area contributed by atoms with E-state index in [-0.39, 0.29) is 12.4 Å². The third-order valence-corrected chi connectivity index (χ3v) is 4.92. The zero-order valence-corrected chi connectivity index (χ0v) is 14.2. The molecule has 116 valence electrons. The van der Waals surface area contributed by atoms with Gasteiger partial charge < -0.3 is 16.9 Å². The van der Waals surface area contributed by atoms with Gasteiger partial charge in [-0.15, -0.1) is 0 Å². The predicted molar refractivity (Wildman–Crippen MR) is 81.9 cm³/mol. The van der Waals surface area contributed by atoms with Crippen molar-refractivity contribution in [3.05, 3.63) is 0 Å². The minimum Gasteiger partial charge on any atom is -1.00 e. The van der Waals surface area contributed by atoms with Crippen molar-refractivity contribution in [2.45, 2.75) is 84.5 Å². The molecule has 2 heteroatoms. The van der Waals surface area contributed by atoms with Gasteiger partial charge in [0.15, 0.2) is 0 Å². The quantitative estimate of drug-likeness (QED) is 0.404. The molecule has 0 aliphatic carbocycles. The van der Waals surface area contributed by atoms with E-state index in [4.69, 9.17) is 0 Å². The topological polar surface area (TPSA) is 0 Å². The SMILES string of the molecule is CCCCCCCCCCC[N+]1(CC)CCCC1.[Cl-]. The summed E-state index contributed by atoms with van der Waals surface area (Å²) in [6.45, 7) is 10.5. The van der Waals surface area contributed by atoms with Crippen molar-refractivity contribution in [1.82, 2.24) is 0 Å². The summed E-state index contributed by atoms with van der Waals surface area (Å²) in [6.07, 6.45) is 16.1. The lowest BCUT2D eigenvalue weighted by atomic mass is 10.1. The third kappa shape index (κ3) is 8.19. The fourth-order valence-corrected chi connectivity index (χ4v) is 3.46. The predicted octanol–water partition coefficient (Wildman–Crippen LogP) is 2.15. The highest BCUT2D eigenvalue weighted by atomic mass is 35.5. The maximum Gasteiger partial charge on any atom is 0.0788 e. The molecule has 1 aliphatic heterocycles. The number of quaternary nitrogens is 1.